The molecule has 2 aromatic heterocycles. The van der Waals surface area contributed by atoms with Gasteiger partial charge >= 0.3 is 0 Å². The smallest absolute Gasteiger partial charge is 0.249 e. The Kier molecular flexibility index (Phi) is 2.83. The topological polar surface area (TPSA) is 58.6 Å². The van der Waals surface area contributed by atoms with Crippen molar-refractivity contribution in [2.24, 2.45) is 0 Å². The summed E-state index contributed by atoms with van der Waals surface area (Å²) in [4.78, 5) is 22.9. The SMILES string of the molecule is CC(c1ccccc1)c1ncc2ccc(=O)[nH]c2n1. The zero-order valence-corrected chi connectivity index (χ0v) is 10.5. The van der Waals surface area contributed by atoms with Crippen molar-refractivity contribution in [3.05, 3.63) is 70.4 Å². The molecule has 4 heteroatoms. The number of H-pyrrole nitrogens is 1. The van der Waals surface area contributed by atoms with Gasteiger partial charge in [-0.2, -0.15) is 0 Å². The Bertz CT molecular complexity index is 765. The fraction of sp³-hybridized carbons (Fsp3) is 0.133. The van der Waals surface area contributed by atoms with E-state index in [2.05, 4.69) is 21.9 Å². The van der Waals surface area contributed by atoms with Crippen LogP contribution in [0.1, 0.15) is 24.2 Å². The van der Waals surface area contributed by atoms with Crippen LogP contribution in [0.4, 0.5) is 0 Å². The molecule has 1 aromatic carbocycles. The third-order valence-electron chi connectivity index (χ3n) is 3.18. The second kappa shape index (κ2) is 4.65. The van der Waals surface area contributed by atoms with Gasteiger partial charge in [-0.1, -0.05) is 37.3 Å². The summed E-state index contributed by atoms with van der Waals surface area (Å²) in [5, 5.41) is 0.837. The highest BCUT2D eigenvalue weighted by molar-refractivity contribution is 5.72. The van der Waals surface area contributed by atoms with E-state index in [-0.39, 0.29) is 11.5 Å². The van der Waals surface area contributed by atoms with Gasteiger partial charge in [0.05, 0.1) is 0 Å². The summed E-state index contributed by atoms with van der Waals surface area (Å²) in [6.07, 6.45) is 1.74. The molecule has 1 unspecified atom stereocenters. The lowest BCUT2D eigenvalue weighted by Gasteiger charge is -2.10. The molecule has 3 aromatic rings. The van der Waals surface area contributed by atoms with Gasteiger partial charge in [-0.3, -0.25) is 4.79 Å². The van der Waals surface area contributed by atoms with Crippen LogP contribution in [-0.4, -0.2) is 15.0 Å². The lowest BCUT2D eigenvalue weighted by atomic mass is 10.0. The highest BCUT2D eigenvalue weighted by Crippen LogP contribution is 2.21. The van der Waals surface area contributed by atoms with E-state index in [1.165, 1.54) is 6.07 Å². The predicted molar refractivity (Wildman–Crippen MR) is 74.1 cm³/mol. The van der Waals surface area contributed by atoms with Crippen LogP contribution in [0.25, 0.3) is 11.0 Å². The van der Waals surface area contributed by atoms with Crippen LogP contribution in [0, 0.1) is 0 Å². The Hall–Kier alpha value is -2.49. The Morgan fingerprint density at radius 3 is 2.68 bits per heavy atom. The van der Waals surface area contributed by atoms with E-state index in [1.54, 1.807) is 12.3 Å². The molecule has 0 saturated carbocycles. The van der Waals surface area contributed by atoms with Gasteiger partial charge in [0.1, 0.15) is 11.5 Å². The molecule has 0 amide bonds. The summed E-state index contributed by atoms with van der Waals surface area (Å²) in [6.45, 7) is 2.05. The number of hydrogen-bond acceptors (Lipinski definition) is 3. The molecule has 0 bridgehead atoms. The molecule has 1 atom stereocenters. The summed E-state index contributed by atoms with van der Waals surface area (Å²) in [5.41, 5.74) is 1.59. The molecule has 3 rings (SSSR count). The second-order valence-corrected chi connectivity index (χ2v) is 4.49. The number of benzene rings is 1. The maximum absolute atomic E-state index is 11.3. The average molecular weight is 251 g/mol. The maximum Gasteiger partial charge on any atom is 0.249 e. The third-order valence-corrected chi connectivity index (χ3v) is 3.18. The summed E-state index contributed by atoms with van der Waals surface area (Å²) in [6, 6.07) is 13.3. The van der Waals surface area contributed by atoms with Crippen molar-refractivity contribution in [3.63, 3.8) is 0 Å². The van der Waals surface area contributed by atoms with Gasteiger partial charge in [0, 0.05) is 23.6 Å². The maximum atomic E-state index is 11.3. The predicted octanol–water partition coefficient (Wildman–Crippen LogP) is 2.47. The van der Waals surface area contributed by atoms with Crippen molar-refractivity contribution >= 4 is 11.0 Å². The summed E-state index contributed by atoms with van der Waals surface area (Å²) < 4.78 is 0. The van der Waals surface area contributed by atoms with Crippen LogP contribution < -0.4 is 5.56 Å². The second-order valence-electron chi connectivity index (χ2n) is 4.49. The lowest BCUT2D eigenvalue weighted by molar-refractivity contribution is 0.822. The van der Waals surface area contributed by atoms with Gasteiger partial charge in [-0.15, -0.1) is 0 Å². The van der Waals surface area contributed by atoms with E-state index in [9.17, 15) is 4.79 Å². The number of nitrogens with one attached hydrogen (secondary N) is 1. The summed E-state index contributed by atoms with van der Waals surface area (Å²) in [7, 11) is 0. The fourth-order valence-corrected chi connectivity index (χ4v) is 2.05. The van der Waals surface area contributed by atoms with Gasteiger partial charge in [0.15, 0.2) is 0 Å². The number of nitrogens with zero attached hydrogens (tertiary/aromatic N) is 2. The Morgan fingerprint density at radius 2 is 1.89 bits per heavy atom. The fourth-order valence-electron chi connectivity index (χ4n) is 2.05. The molecule has 94 valence electrons. The van der Waals surface area contributed by atoms with Gasteiger partial charge in [0.25, 0.3) is 0 Å². The number of hydrogen-bond donors (Lipinski definition) is 1. The molecule has 0 fully saturated rings. The number of rotatable bonds is 2. The van der Waals surface area contributed by atoms with Crippen molar-refractivity contribution < 1.29 is 0 Å². The van der Waals surface area contributed by atoms with Crippen LogP contribution in [0.15, 0.2) is 53.5 Å². The largest absolute Gasteiger partial charge is 0.306 e. The highest BCUT2D eigenvalue weighted by Gasteiger charge is 2.11. The van der Waals surface area contributed by atoms with Crippen molar-refractivity contribution in [1.29, 1.82) is 0 Å². The first kappa shape index (κ1) is 11.6. The van der Waals surface area contributed by atoms with E-state index in [1.807, 2.05) is 30.3 Å². The first-order valence-corrected chi connectivity index (χ1v) is 6.15. The van der Waals surface area contributed by atoms with Crippen LogP contribution in [0.3, 0.4) is 0 Å². The minimum absolute atomic E-state index is 0.0920. The Labute approximate surface area is 110 Å². The molecule has 2 heterocycles. The van der Waals surface area contributed by atoms with Crippen molar-refractivity contribution in [1.82, 2.24) is 15.0 Å². The first-order chi connectivity index (χ1) is 9.24. The summed E-state index contributed by atoms with van der Waals surface area (Å²) >= 11 is 0. The van der Waals surface area contributed by atoms with Gasteiger partial charge in [0.2, 0.25) is 5.56 Å². The van der Waals surface area contributed by atoms with Crippen molar-refractivity contribution in [2.45, 2.75) is 12.8 Å². The monoisotopic (exact) mass is 251 g/mol. The molecule has 0 aliphatic heterocycles. The standard InChI is InChI=1S/C15H13N3O/c1-10(11-5-3-2-4-6-11)14-16-9-12-7-8-13(19)17-15(12)18-14/h2-10H,1H3,(H,16,17,18,19). The Morgan fingerprint density at radius 1 is 1.11 bits per heavy atom. The van der Waals surface area contributed by atoms with Crippen molar-refractivity contribution in [2.75, 3.05) is 0 Å². The number of fused-ring (bicyclic) bond motifs is 1. The minimum Gasteiger partial charge on any atom is -0.306 e. The number of pyridine rings is 1. The third kappa shape index (κ3) is 2.25. The zero-order valence-electron chi connectivity index (χ0n) is 10.5. The normalized spacial score (nSPS) is 12.5. The van der Waals surface area contributed by atoms with E-state index in [0.29, 0.717) is 11.5 Å². The van der Waals surface area contributed by atoms with Crippen LogP contribution in [0.2, 0.25) is 0 Å². The minimum atomic E-state index is -0.149. The van der Waals surface area contributed by atoms with E-state index in [4.69, 9.17) is 0 Å². The molecular formula is C15H13N3O. The van der Waals surface area contributed by atoms with Crippen LogP contribution in [0.5, 0.6) is 0 Å². The lowest BCUT2D eigenvalue weighted by Crippen LogP contribution is -2.07. The molecule has 0 saturated heterocycles. The molecule has 1 N–H and O–H groups in total. The van der Waals surface area contributed by atoms with Crippen LogP contribution >= 0.6 is 0 Å². The molecule has 4 nitrogen and oxygen atoms in total. The Balaban J connectivity index is 2.08. The van der Waals surface area contributed by atoms with Crippen molar-refractivity contribution in [3.8, 4) is 0 Å². The molecule has 0 aliphatic carbocycles. The van der Waals surface area contributed by atoms with E-state index in [0.717, 1.165) is 10.9 Å². The van der Waals surface area contributed by atoms with Gasteiger partial charge < -0.3 is 4.98 Å². The first-order valence-electron chi connectivity index (χ1n) is 6.15. The molecule has 0 aliphatic rings. The molecule has 19 heavy (non-hydrogen) atoms. The van der Waals surface area contributed by atoms with E-state index >= 15 is 0 Å². The number of aromatic nitrogens is 3. The van der Waals surface area contributed by atoms with E-state index < -0.39 is 0 Å². The zero-order chi connectivity index (χ0) is 13.2. The number of aromatic amines is 1. The summed E-state index contributed by atoms with van der Waals surface area (Å²) in [5.74, 6) is 0.801. The van der Waals surface area contributed by atoms with Gasteiger partial charge in [-0.05, 0) is 11.6 Å². The molecule has 0 radical (unpaired) electrons. The average Bonchev–Trinajstić information content (AvgIpc) is 2.46. The molecule has 0 spiro atoms. The molecular weight excluding hydrogens is 238 g/mol. The van der Waals surface area contributed by atoms with Gasteiger partial charge in [-0.25, -0.2) is 9.97 Å². The quantitative estimate of drug-likeness (QED) is 0.761. The highest BCUT2D eigenvalue weighted by atomic mass is 16.1. The van der Waals surface area contributed by atoms with Crippen LogP contribution in [-0.2, 0) is 0 Å².